The zero-order valence-corrected chi connectivity index (χ0v) is 16.1. The number of nitrogens with zero attached hydrogens (tertiary/aromatic N) is 2. The number of aromatic nitrogens is 2. The Morgan fingerprint density at radius 2 is 2.04 bits per heavy atom. The van der Waals surface area contributed by atoms with Crippen molar-refractivity contribution in [2.24, 2.45) is 0 Å². The number of hydrogen-bond acceptors (Lipinski definition) is 3. The van der Waals surface area contributed by atoms with E-state index < -0.39 is 6.10 Å². The lowest BCUT2D eigenvalue weighted by Crippen LogP contribution is -2.40. The maximum atomic E-state index is 13.0. The minimum absolute atomic E-state index is 0.00382. The highest BCUT2D eigenvalue weighted by atomic mass is 79.9. The Morgan fingerprint density at radius 1 is 1.27 bits per heavy atom. The van der Waals surface area contributed by atoms with E-state index in [0.29, 0.717) is 5.75 Å². The molecule has 0 spiro atoms. The molecule has 6 heteroatoms. The summed E-state index contributed by atoms with van der Waals surface area (Å²) < 4.78 is 6.82. The van der Waals surface area contributed by atoms with Crippen molar-refractivity contribution in [3.05, 3.63) is 58.8 Å². The van der Waals surface area contributed by atoms with Gasteiger partial charge in [-0.1, -0.05) is 28.1 Å². The van der Waals surface area contributed by atoms with Crippen molar-refractivity contribution in [2.45, 2.75) is 31.9 Å². The fourth-order valence-corrected chi connectivity index (χ4v) is 3.71. The van der Waals surface area contributed by atoms with Crippen molar-refractivity contribution in [3.8, 4) is 5.75 Å². The summed E-state index contributed by atoms with van der Waals surface area (Å²) in [5.41, 5.74) is 1.93. The van der Waals surface area contributed by atoms with Gasteiger partial charge >= 0.3 is 0 Å². The summed E-state index contributed by atoms with van der Waals surface area (Å²) in [5, 5.41) is 0. The lowest BCUT2D eigenvalue weighted by atomic mass is 10.2. The summed E-state index contributed by atoms with van der Waals surface area (Å²) in [6.45, 7) is 2.53. The molecule has 2 atom stereocenters. The largest absolute Gasteiger partial charge is 0.481 e. The van der Waals surface area contributed by atoms with Gasteiger partial charge in [0.05, 0.1) is 17.1 Å². The topological polar surface area (TPSA) is 58.2 Å². The van der Waals surface area contributed by atoms with E-state index >= 15 is 0 Å². The number of para-hydroxylation sites is 2. The van der Waals surface area contributed by atoms with Gasteiger partial charge in [-0.15, -0.1) is 0 Å². The van der Waals surface area contributed by atoms with E-state index in [2.05, 4.69) is 25.9 Å². The highest BCUT2D eigenvalue weighted by molar-refractivity contribution is 9.10. The van der Waals surface area contributed by atoms with Gasteiger partial charge in [-0.05, 0) is 56.2 Å². The number of fused-ring (bicyclic) bond motifs is 1. The molecule has 134 valence electrons. The Bertz CT molecular complexity index is 889. The van der Waals surface area contributed by atoms with Crippen LogP contribution in [0.2, 0.25) is 0 Å². The van der Waals surface area contributed by atoms with E-state index in [1.165, 1.54) is 0 Å². The molecule has 0 unspecified atom stereocenters. The number of imidazole rings is 1. The third kappa shape index (κ3) is 3.33. The van der Waals surface area contributed by atoms with Crippen molar-refractivity contribution in [3.63, 3.8) is 0 Å². The molecule has 2 heterocycles. The molecule has 3 aromatic rings. The molecule has 5 nitrogen and oxygen atoms in total. The Labute approximate surface area is 160 Å². The van der Waals surface area contributed by atoms with Crippen LogP contribution in [-0.2, 0) is 4.79 Å². The molecule has 1 N–H and O–H groups in total. The Balaban J connectivity index is 1.51. The molecule has 26 heavy (non-hydrogen) atoms. The maximum absolute atomic E-state index is 13.0. The Hall–Kier alpha value is -2.34. The summed E-state index contributed by atoms with van der Waals surface area (Å²) >= 11 is 3.40. The number of H-pyrrole nitrogens is 1. The maximum Gasteiger partial charge on any atom is 0.263 e. The number of hydrogen-bond donors (Lipinski definition) is 1. The second-order valence-corrected chi connectivity index (χ2v) is 7.46. The summed E-state index contributed by atoms with van der Waals surface area (Å²) in [4.78, 5) is 22.9. The van der Waals surface area contributed by atoms with Gasteiger partial charge in [-0.3, -0.25) is 4.79 Å². The molecule has 0 radical (unpaired) electrons. The first kappa shape index (κ1) is 17.1. The van der Waals surface area contributed by atoms with Crippen molar-refractivity contribution < 1.29 is 9.53 Å². The van der Waals surface area contributed by atoms with Gasteiger partial charge in [0.1, 0.15) is 11.6 Å². The Kier molecular flexibility index (Phi) is 4.68. The van der Waals surface area contributed by atoms with E-state index in [9.17, 15) is 4.79 Å². The lowest BCUT2D eigenvalue weighted by molar-refractivity contribution is -0.139. The molecule has 4 rings (SSSR count). The van der Waals surface area contributed by atoms with Crippen LogP contribution in [0.25, 0.3) is 11.0 Å². The molecule has 1 amide bonds. The molecule has 1 aliphatic rings. The van der Waals surface area contributed by atoms with E-state index in [1.807, 2.05) is 53.4 Å². The summed E-state index contributed by atoms with van der Waals surface area (Å²) in [6.07, 6.45) is 1.34. The van der Waals surface area contributed by atoms with Gasteiger partial charge in [0.15, 0.2) is 6.10 Å². The van der Waals surface area contributed by atoms with Crippen LogP contribution in [0.4, 0.5) is 0 Å². The predicted molar refractivity (Wildman–Crippen MR) is 104 cm³/mol. The van der Waals surface area contributed by atoms with Gasteiger partial charge in [0.25, 0.3) is 5.91 Å². The molecular weight excluding hydrogens is 394 g/mol. The molecule has 1 aromatic heterocycles. The Morgan fingerprint density at radius 3 is 2.81 bits per heavy atom. The number of likely N-dealkylation sites (tertiary alicyclic amines) is 1. The first-order chi connectivity index (χ1) is 12.6. The van der Waals surface area contributed by atoms with Gasteiger partial charge in [0.2, 0.25) is 0 Å². The number of carbonyl (C=O) groups is 1. The molecular formula is C20H20BrN3O2. The minimum atomic E-state index is -0.541. The fraction of sp³-hybridized carbons (Fsp3) is 0.300. The van der Waals surface area contributed by atoms with Crippen LogP contribution in [0.15, 0.2) is 53.0 Å². The summed E-state index contributed by atoms with van der Waals surface area (Å²) in [5.74, 6) is 1.54. The first-order valence-electron chi connectivity index (χ1n) is 8.79. The van der Waals surface area contributed by atoms with Gasteiger partial charge < -0.3 is 14.6 Å². The SMILES string of the molecule is C[C@@H](Oc1ccc(Br)cc1)C(=O)N1CCC[C@H]1c1nc2ccccc2[nH]1. The molecule has 1 aliphatic heterocycles. The number of carbonyl (C=O) groups excluding carboxylic acids is 1. The van der Waals surface area contributed by atoms with Crippen molar-refractivity contribution in [1.29, 1.82) is 0 Å². The second kappa shape index (κ2) is 7.11. The van der Waals surface area contributed by atoms with E-state index in [0.717, 1.165) is 40.7 Å². The molecule has 2 aromatic carbocycles. The zero-order valence-electron chi connectivity index (χ0n) is 14.5. The van der Waals surface area contributed by atoms with E-state index in [1.54, 1.807) is 6.92 Å². The highest BCUT2D eigenvalue weighted by Gasteiger charge is 2.35. The quantitative estimate of drug-likeness (QED) is 0.686. The molecule has 0 aliphatic carbocycles. The van der Waals surface area contributed by atoms with Gasteiger partial charge in [-0.25, -0.2) is 4.98 Å². The number of ether oxygens (including phenoxy) is 1. The van der Waals surface area contributed by atoms with Crippen molar-refractivity contribution >= 4 is 32.9 Å². The number of aromatic amines is 1. The number of halogens is 1. The lowest BCUT2D eigenvalue weighted by Gasteiger charge is -2.26. The molecule has 1 saturated heterocycles. The average Bonchev–Trinajstić information content (AvgIpc) is 3.29. The van der Waals surface area contributed by atoms with Crippen LogP contribution < -0.4 is 4.74 Å². The van der Waals surface area contributed by atoms with Crippen LogP contribution in [0, 0.1) is 0 Å². The third-order valence-electron chi connectivity index (χ3n) is 4.73. The number of amides is 1. The third-order valence-corrected chi connectivity index (χ3v) is 5.26. The first-order valence-corrected chi connectivity index (χ1v) is 9.58. The number of nitrogens with one attached hydrogen (secondary N) is 1. The monoisotopic (exact) mass is 413 g/mol. The van der Waals surface area contributed by atoms with Crippen LogP contribution in [-0.4, -0.2) is 33.4 Å². The van der Waals surface area contributed by atoms with Crippen molar-refractivity contribution in [2.75, 3.05) is 6.54 Å². The standard InChI is InChI=1S/C20H20BrN3O2/c1-13(26-15-10-8-14(21)9-11-15)20(25)24-12-4-7-18(24)19-22-16-5-2-3-6-17(16)23-19/h2-3,5-6,8-11,13,18H,4,7,12H2,1H3,(H,22,23)/t13-,18+/m1/s1. The smallest absolute Gasteiger partial charge is 0.263 e. The fourth-order valence-electron chi connectivity index (χ4n) is 3.45. The van der Waals surface area contributed by atoms with E-state index in [4.69, 9.17) is 4.74 Å². The van der Waals surface area contributed by atoms with Crippen molar-refractivity contribution in [1.82, 2.24) is 14.9 Å². The van der Waals surface area contributed by atoms with E-state index in [-0.39, 0.29) is 11.9 Å². The number of rotatable bonds is 4. The summed E-state index contributed by atoms with van der Waals surface area (Å²) in [7, 11) is 0. The van der Waals surface area contributed by atoms with Crippen LogP contribution >= 0.6 is 15.9 Å². The minimum Gasteiger partial charge on any atom is -0.481 e. The molecule has 0 bridgehead atoms. The molecule has 0 saturated carbocycles. The normalized spacial score (nSPS) is 18.2. The average molecular weight is 414 g/mol. The summed E-state index contributed by atoms with van der Waals surface area (Å²) in [6, 6.07) is 15.4. The highest BCUT2D eigenvalue weighted by Crippen LogP contribution is 2.32. The van der Waals surface area contributed by atoms with Crippen LogP contribution in [0.1, 0.15) is 31.6 Å². The zero-order chi connectivity index (χ0) is 18.1. The second-order valence-electron chi connectivity index (χ2n) is 6.54. The van der Waals surface area contributed by atoms with Crippen LogP contribution in [0.5, 0.6) is 5.75 Å². The predicted octanol–water partition coefficient (Wildman–Crippen LogP) is 4.46. The number of benzene rings is 2. The van der Waals surface area contributed by atoms with Crippen LogP contribution in [0.3, 0.4) is 0 Å². The van der Waals surface area contributed by atoms with Gasteiger partial charge in [0, 0.05) is 11.0 Å². The molecule has 1 fully saturated rings. The van der Waals surface area contributed by atoms with Gasteiger partial charge in [-0.2, -0.15) is 0 Å².